The smallest absolute Gasteiger partial charge is 0.00721 e. The highest BCUT2D eigenvalue weighted by Crippen LogP contribution is 2.28. The Morgan fingerprint density at radius 1 is 1.12 bits per heavy atom. The van der Waals surface area contributed by atoms with Crippen LogP contribution in [0.3, 0.4) is 0 Å². The fourth-order valence-corrected chi connectivity index (χ4v) is 3.01. The third-order valence-electron chi connectivity index (χ3n) is 3.78. The Balaban J connectivity index is 2.28. The van der Waals surface area contributed by atoms with Crippen molar-refractivity contribution in [1.82, 2.24) is 5.32 Å². The predicted molar refractivity (Wildman–Crippen MR) is 72.7 cm³/mol. The van der Waals surface area contributed by atoms with Gasteiger partial charge >= 0.3 is 0 Å². The minimum absolute atomic E-state index is 0.781. The third kappa shape index (κ3) is 5.89. The molecule has 96 valence electrons. The molecule has 0 aliphatic heterocycles. The average molecular weight is 225 g/mol. The zero-order chi connectivity index (χ0) is 11.8. The van der Waals surface area contributed by atoms with Crippen molar-refractivity contribution in [1.29, 1.82) is 0 Å². The van der Waals surface area contributed by atoms with Gasteiger partial charge in [0.05, 0.1) is 0 Å². The molecule has 1 N–H and O–H groups in total. The van der Waals surface area contributed by atoms with Crippen molar-refractivity contribution in [2.45, 2.75) is 78.2 Å². The van der Waals surface area contributed by atoms with E-state index in [-0.39, 0.29) is 0 Å². The van der Waals surface area contributed by atoms with Gasteiger partial charge in [-0.2, -0.15) is 0 Å². The summed E-state index contributed by atoms with van der Waals surface area (Å²) in [6.07, 6.45) is 11.5. The van der Waals surface area contributed by atoms with Gasteiger partial charge in [0.2, 0.25) is 0 Å². The first kappa shape index (κ1) is 14.0. The van der Waals surface area contributed by atoms with Crippen LogP contribution in [0, 0.1) is 11.8 Å². The van der Waals surface area contributed by atoms with Crippen molar-refractivity contribution < 1.29 is 0 Å². The van der Waals surface area contributed by atoms with Gasteiger partial charge < -0.3 is 5.32 Å². The summed E-state index contributed by atoms with van der Waals surface area (Å²) in [6.45, 7) is 8.16. The molecule has 1 rings (SSSR count). The molecular weight excluding hydrogens is 194 g/mol. The SMILES string of the molecule is CCCNC(CC(C)C)CC1CCCCC1. The molecule has 16 heavy (non-hydrogen) atoms. The lowest BCUT2D eigenvalue weighted by Crippen LogP contribution is -2.33. The second kappa shape index (κ2) is 8.11. The maximum Gasteiger partial charge on any atom is 0.00721 e. The van der Waals surface area contributed by atoms with Gasteiger partial charge in [-0.1, -0.05) is 52.9 Å². The van der Waals surface area contributed by atoms with Crippen molar-refractivity contribution in [3.05, 3.63) is 0 Å². The normalized spacial score (nSPS) is 20.2. The van der Waals surface area contributed by atoms with Gasteiger partial charge in [0, 0.05) is 6.04 Å². The van der Waals surface area contributed by atoms with Gasteiger partial charge in [-0.25, -0.2) is 0 Å². The average Bonchev–Trinajstić information content (AvgIpc) is 2.26. The summed E-state index contributed by atoms with van der Waals surface area (Å²) in [5, 5.41) is 3.75. The second-order valence-corrected chi connectivity index (χ2v) is 6.02. The Kier molecular flexibility index (Phi) is 7.11. The van der Waals surface area contributed by atoms with Crippen molar-refractivity contribution in [3.63, 3.8) is 0 Å². The van der Waals surface area contributed by atoms with Crippen LogP contribution < -0.4 is 5.32 Å². The summed E-state index contributed by atoms with van der Waals surface area (Å²) in [4.78, 5) is 0. The van der Waals surface area contributed by atoms with Gasteiger partial charge in [-0.05, 0) is 37.6 Å². The summed E-state index contributed by atoms with van der Waals surface area (Å²) in [5.41, 5.74) is 0. The molecule has 1 nitrogen and oxygen atoms in total. The van der Waals surface area contributed by atoms with Gasteiger partial charge in [0.1, 0.15) is 0 Å². The Hall–Kier alpha value is -0.0400. The van der Waals surface area contributed by atoms with E-state index in [1.807, 2.05) is 0 Å². The van der Waals surface area contributed by atoms with Crippen molar-refractivity contribution in [3.8, 4) is 0 Å². The summed E-state index contributed by atoms with van der Waals surface area (Å²) >= 11 is 0. The number of nitrogens with one attached hydrogen (secondary N) is 1. The zero-order valence-corrected chi connectivity index (χ0v) is 11.6. The van der Waals surface area contributed by atoms with Crippen LogP contribution in [0.4, 0.5) is 0 Å². The zero-order valence-electron chi connectivity index (χ0n) is 11.6. The van der Waals surface area contributed by atoms with E-state index in [4.69, 9.17) is 0 Å². The van der Waals surface area contributed by atoms with Crippen molar-refractivity contribution >= 4 is 0 Å². The highest BCUT2D eigenvalue weighted by atomic mass is 14.9. The van der Waals surface area contributed by atoms with Gasteiger partial charge in [0.25, 0.3) is 0 Å². The Morgan fingerprint density at radius 3 is 2.38 bits per heavy atom. The quantitative estimate of drug-likeness (QED) is 0.678. The molecule has 1 saturated carbocycles. The Bertz CT molecular complexity index is 159. The molecule has 0 aromatic rings. The molecule has 1 atom stereocenters. The van der Waals surface area contributed by atoms with Gasteiger partial charge in [-0.3, -0.25) is 0 Å². The van der Waals surface area contributed by atoms with E-state index < -0.39 is 0 Å². The fraction of sp³-hybridized carbons (Fsp3) is 1.00. The number of rotatable bonds is 7. The third-order valence-corrected chi connectivity index (χ3v) is 3.78. The van der Waals surface area contributed by atoms with Crippen molar-refractivity contribution in [2.75, 3.05) is 6.54 Å². The molecule has 0 aromatic carbocycles. The lowest BCUT2D eigenvalue weighted by Gasteiger charge is -2.28. The molecule has 0 heterocycles. The van der Waals surface area contributed by atoms with E-state index in [0.717, 1.165) is 17.9 Å². The highest BCUT2D eigenvalue weighted by Gasteiger charge is 2.19. The van der Waals surface area contributed by atoms with E-state index in [1.165, 1.54) is 57.9 Å². The maximum atomic E-state index is 3.75. The molecular formula is C15H31N. The van der Waals surface area contributed by atoms with Crippen LogP contribution in [0.15, 0.2) is 0 Å². The molecule has 1 fully saturated rings. The summed E-state index contributed by atoms with van der Waals surface area (Å²) in [7, 11) is 0. The predicted octanol–water partition coefficient (Wildman–Crippen LogP) is 4.37. The van der Waals surface area contributed by atoms with Gasteiger partial charge in [0.15, 0.2) is 0 Å². The van der Waals surface area contributed by atoms with Crippen LogP contribution in [0.2, 0.25) is 0 Å². The van der Waals surface area contributed by atoms with Crippen LogP contribution in [-0.2, 0) is 0 Å². The first-order chi connectivity index (χ1) is 7.72. The van der Waals surface area contributed by atoms with Crippen LogP contribution in [0.1, 0.15) is 72.1 Å². The molecule has 0 radical (unpaired) electrons. The van der Waals surface area contributed by atoms with E-state index in [9.17, 15) is 0 Å². The number of hydrogen-bond donors (Lipinski definition) is 1. The molecule has 0 spiro atoms. The summed E-state index contributed by atoms with van der Waals surface area (Å²) < 4.78 is 0. The number of hydrogen-bond acceptors (Lipinski definition) is 1. The summed E-state index contributed by atoms with van der Waals surface area (Å²) in [6, 6.07) is 0.781. The van der Waals surface area contributed by atoms with E-state index in [2.05, 4.69) is 26.1 Å². The molecule has 0 bridgehead atoms. The van der Waals surface area contributed by atoms with Crippen LogP contribution >= 0.6 is 0 Å². The van der Waals surface area contributed by atoms with Crippen molar-refractivity contribution in [2.24, 2.45) is 11.8 Å². The van der Waals surface area contributed by atoms with Crippen LogP contribution in [0.25, 0.3) is 0 Å². The Labute approximate surface area is 102 Å². The van der Waals surface area contributed by atoms with Gasteiger partial charge in [-0.15, -0.1) is 0 Å². The first-order valence-corrected chi connectivity index (χ1v) is 7.45. The minimum Gasteiger partial charge on any atom is -0.314 e. The standard InChI is InChI=1S/C15H31N/c1-4-10-16-15(11-13(2)3)12-14-8-6-5-7-9-14/h13-16H,4-12H2,1-3H3. The summed E-state index contributed by atoms with van der Waals surface area (Å²) in [5.74, 6) is 1.85. The fourth-order valence-electron chi connectivity index (χ4n) is 3.01. The maximum absolute atomic E-state index is 3.75. The molecule has 1 aliphatic rings. The van der Waals surface area contributed by atoms with E-state index >= 15 is 0 Å². The molecule has 1 heteroatoms. The molecule has 1 aliphatic carbocycles. The molecule has 0 amide bonds. The first-order valence-electron chi connectivity index (χ1n) is 7.45. The second-order valence-electron chi connectivity index (χ2n) is 6.02. The molecule has 1 unspecified atom stereocenters. The lowest BCUT2D eigenvalue weighted by molar-refractivity contribution is 0.278. The molecule has 0 saturated heterocycles. The largest absolute Gasteiger partial charge is 0.314 e. The molecule has 0 aromatic heterocycles. The lowest BCUT2D eigenvalue weighted by atomic mass is 9.83. The van der Waals surface area contributed by atoms with Crippen LogP contribution in [0.5, 0.6) is 0 Å². The van der Waals surface area contributed by atoms with E-state index in [0.29, 0.717) is 0 Å². The Morgan fingerprint density at radius 2 is 1.81 bits per heavy atom. The topological polar surface area (TPSA) is 12.0 Å². The van der Waals surface area contributed by atoms with E-state index in [1.54, 1.807) is 0 Å². The highest BCUT2D eigenvalue weighted by molar-refractivity contribution is 4.75. The van der Waals surface area contributed by atoms with Crippen LogP contribution in [-0.4, -0.2) is 12.6 Å². The monoisotopic (exact) mass is 225 g/mol. The minimum atomic E-state index is 0.781.